The number of pyridine rings is 8. The number of anilines is 18. The summed E-state index contributed by atoms with van der Waals surface area (Å²) in [6.45, 7) is -0.937. The fourth-order valence-corrected chi connectivity index (χ4v) is 20.7. The number of hydrogen-bond donors (Lipinski definition) is 0. The predicted molar refractivity (Wildman–Crippen MR) is 550 cm³/mol. The maximum atomic E-state index is 5.39. The highest BCUT2D eigenvalue weighted by Crippen LogP contribution is 2.58. The molecule has 0 N–H and O–H groups in total. The van der Waals surface area contributed by atoms with Crippen molar-refractivity contribution in [3.05, 3.63) is 474 Å². The van der Waals surface area contributed by atoms with Crippen molar-refractivity contribution >= 4 is 149 Å². The monoisotopic (exact) mass is 1710 g/mol. The summed E-state index contributed by atoms with van der Waals surface area (Å²) in [4.78, 5) is 57.2. The molecule has 4 aliphatic heterocycles. The number of fused-ring (bicyclic) bond motifs is 8. The van der Waals surface area contributed by atoms with Crippen LogP contribution in [0.15, 0.2) is 474 Å². The van der Waals surface area contributed by atoms with Crippen molar-refractivity contribution in [3.63, 3.8) is 0 Å². The van der Waals surface area contributed by atoms with Gasteiger partial charge in [-0.1, -0.05) is 237 Å². The third kappa shape index (κ3) is 13.2. The molecule has 0 saturated heterocycles. The van der Waals surface area contributed by atoms with Crippen molar-refractivity contribution in [1.29, 1.82) is 0 Å². The van der Waals surface area contributed by atoms with E-state index in [0.29, 0.717) is 0 Å². The summed E-state index contributed by atoms with van der Waals surface area (Å²) in [5.41, 5.74) is 37.4. The van der Waals surface area contributed by atoms with E-state index in [0.717, 1.165) is 225 Å². The highest BCUT2D eigenvalue weighted by molar-refractivity contribution is 7.03. The topological polar surface area (TPSA) is 123 Å². The summed E-state index contributed by atoms with van der Waals surface area (Å²) >= 11 is 0. The van der Waals surface area contributed by atoms with Crippen molar-refractivity contribution in [2.75, 3.05) is 29.4 Å². The zero-order chi connectivity index (χ0) is 88.5. The standard InChI is InChI=1S/C118H78B2N14/c1-4-37-79(38-5-1)129(104-61-14-10-43-84(104)96-53-18-26-65-121-96)82-73-110-114-111(74-82)132(116-86(98-55-20-28-67-123-98)45-34-46-87(116)99-56-21-29-68-124-99)106-63-16-12-51-92(106)119(114)94-77-95-109(78-108(94)131(110)81-41-8-3-9-42-81)134(118-90(102-59-24-32-71-127-102)49-36-50-91(118)103-60-25-33-72-128-103)113-76-83(130(80-39-6-2-7-40-80)105-62-15-11-44-85(105)97-54-19-27-66-122-97)75-112-115(113)120(95)93-52-13-17-64-107(93)133(112)117-88(100-57-22-30-69-125-100)47-35-48-89(117)101-58-23-31-70-126-101/h1-78H. The Morgan fingerprint density at radius 1 is 0.172 bits per heavy atom. The zero-order valence-corrected chi connectivity index (χ0v) is 72.4. The summed E-state index contributed by atoms with van der Waals surface area (Å²) in [5, 5.41) is 0. The fourth-order valence-electron chi connectivity index (χ4n) is 20.7. The first kappa shape index (κ1) is 78.3. The molecule has 626 valence electrons. The van der Waals surface area contributed by atoms with Gasteiger partial charge in [-0.3, -0.25) is 39.9 Å². The minimum absolute atomic E-state index is 0.449. The van der Waals surface area contributed by atoms with E-state index in [4.69, 9.17) is 39.9 Å². The second-order valence-electron chi connectivity index (χ2n) is 33.6. The van der Waals surface area contributed by atoms with Crippen LogP contribution in [0.1, 0.15) is 0 Å². The molecule has 0 saturated carbocycles. The predicted octanol–water partition coefficient (Wildman–Crippen LogP) is 25.3. The first-order valence-electron chi connectivity index (χ1n) is 45.2. The van der Waals surface area contributed by atoms with Crippen LogP contribution in [0.5, 0.6) is 0 Å². The van der Waals surface area contributed by atoms with Gasteiger partial charge >= 0.3 is 0 Å². The van der Waals surface area contributed by atoms with Crippen LogP contribution in [0.2, 0.25) is 0 Å². The van der Waals surface area contributed by atoms with Crippen molar-refractivity contribution in [2.24, 2.45) is 0 Å². The Kier molecular flexibility index (Phi) is 19.4. The Morgan fingerprint density at radius 3 is 0.746 bits per heavy atom. The Balaban J connectivity index is 0.855. The van der Waals surface area contributed by atoms with E-state index >= 15 is 0 Å². The van der Waals surface area contributed by atoms with Gasteiger partial charge in [-0.15, -0.1) is 0 Å². The molecule has 134 heavy (non-hydrogen) atoms. The van der Waals surface area contributed by atoms with Gasteiger partial charge in [-0.05, 0) is 221 Å². The number of nitrogens with zero attached hydrogens (tertiary/aromatic N) is 14. The maximum absolute atomic E-state index is 5.39. The Bertz CT molecular complexity index is 7860. The molecule has 0 bridgehead atoms. The quantitative estimate of drug-likeness (QED) is 0.0757. The van der Waals surface area contributed by atoms with Gasteiger partial charge in [-0.25, -0.2) is 0 Å². The highest BCUT2D eigenvalue weighted by Gasteiger charge is 2.51. The van der Waals surface area contributed by atoms with Crippen LogP contribution in [-0.2, 0) is 0 Å². The number of hydrogen-bond acceptors (Lipinski definition) is 14. The van der Waals surface area contributed by atoms with Crippen LogP contribution in [0.3, 0.4) is 0 Å². The Hall–Kier alpha value is -18.0. The molecule has 0 atom stereocenters. The summed E-state index contributed by atoms with van der Waals surface area (Å²) in [6.07, 6.45) is 15.2. The SMILES string of the molecule is c1ccc(N(c2cc3c4c(c2)N(c2c(-c5ccccn5)cccc2-c2ccccn2)c2ccccc2B4c2cc4c(cc2N3c2ccccc2)N(c2c(-c3ccccn3)cccc2-c2ccccn2)c2cc(N(c3ccccc3)c3ccccc3-c3ccccn3)cc3c2B4c2ccccc2N3c2c(-c3ccccn3)cccc2-c2ccccn2)c2ccccc2-c2ccccn2)cc1. The van der Waals surface area contributed by atoms with Gasteiger partial charge in [0.05, 0.1) is 85.4 Å². The van der Waals surface area contributed by atoms with E-state index in [-0.39, 0.29) is 0 Å². The molecule has 14 nitrogen and oxygen atoms in total. The van der Waals surface area contributed by atoms with Crippen molar-refractivity contribution in [3.8, 4) is 90.1 Å². The van der Waals surface area contributed by atoms with E-state index < -0.39 is 13.4 Å². The van der Waals surface area contributed by atoms with Gasteiger partial charge < -0.3 is 29.4 Å². The average molecular weight is 1710 g/mol. The molecule has 0 radical (unpaired) electrons. The van der Waals surface area contributed by atoms with Crippen molar-refractivity contribution < 1.29 is 0 Å². The summed E-state index contributed by atoms with van der Waals surface area (Å²) in [7, 11) is 0. The number of aromatic nitrogens is 8. The lowest BCUT2D eigenvalue weighted by molar-refractivity contribution is 1.20. The molecule has 21 aromatic rings. The average Bonchev–Trinajstić information content (AvgIpc) is 0.673. The van der Waals surface area contributed by atoms with Crippen LogP contribution < -0.4 is 62.2 Å². The lowest BCUT2D eigenvalue weighted by Crippen LogP contribution is -2.65. The molecule has 0 fully saturated rings. The first-order chi connectivity index (χ1) is 66.6. The zero-order valence-electron chi connectivity index (χ0n) is 72.4. The Labute approximate surface area is 777 Å². The third-order valence-electron chi connectivity index (χ3n) is 26.2. The number of benzene rings is 13. The highest BCUT2D eigenvalue weighted by atomic mass is 15.2. The summed E-state index contributed by atoms with van der Waals surface area (Å²) in [6, 6.07) is 153. The molecule has 0 spiro atoms. The Morgan fingerprint density at radius 2 is 0.425 bits per heavy atom. The summed E-state index contributed by atoms with van der Waals surface area (Å²) in [5.74, 6) is 0. The molecule has 0 aliphatic carbocycles. The van der Waals surface area contributed by atoms with Gasteiger partial charge in [0.15, 0.2) is 0 Å². The molecule has 8 aromatic heterocycles. The minimum Gasteiger partial charge on any atom is -0.311 e. The van der Waals surface area contributed by atoms with Crippen molar-refractivity contribution in [2.45, 2.75) is 0 Å². The van der Waals surface area contributed by atoms with Gasteiger partial charge in [-0.2, -0.15) is 0 Å². The van der Waals surface area contributed by atoms with E-state index in [2.05, 4.69) is 406 Å². The first-order valence-corrected chi connectivity index (χ1v) is 45.2. The van der Waals surface area contributed by atoms with Gasteiger partial charge in [0.25, 0.3) is 13.4 Å². The van der Waals surface area contributed by atoms with Crippen LogP contribution >= 0.6 is 0 Å². The molecule has 12 heterocycles. The molecule has 4 aliphatic rings. The van der Waals surface area contributed by atoms with Crippen LogP contribution in [0.25, 0.3) is 90.1 Å². The van der Waals surface area contributed by atoms with Gasteiger partial charge in [0.1, 0.15) is 0 Å². The molecule has 16 heteroatoms. The second-order valence-corrected chi connectivity index (χ2v) is 33.6. The molecular weight excluding hydrogens is 1640 g/mol. The maximum Gasteiger partial charge on any atom is 0.252 e. The lowest BCUT2D eigenvalue weighted by Gasteiger charge is -2.48. The fraction of sp³-hybridized carbons (Fsp3) is 0. The summed E-state index contributed by atoms with van der Waals surface area (Å²) < 4.78 is 0. The third-order valence-corrected chi connectivity index (χ3v) is 26.2. The van der Waals surface area contributed by atoms with Crippen molar-refractivity contribution in [1.82, 2.24) is 39.9 Å². The largest absolute Gasteiger partial charge is 0.311 e. The number of rotatable bonds is 18. The van der Waals surface area contributed by atoms with Crippen LogP contribution in [-0.4, -0.2) is 53.3 Å². The van der Waals surface area contributed by atoms with E-state index in [9.17, 15) is 0 Å². The van der Waals surface area contributed by atoms with E-state index in [1.807, 2.05) is 98.1 Å². The van der Waals surface area contributed by atoms with Gasteiger partial charge in [0, 0.05) is 157 Å². The molecule has 0 unspecified atom stereocenters. The molecule has 25 rings (SSSR count). The smallest absolute Gasteiger partial charge is 0.252 e. The minimum atomic E-state index is -0.488. The molecule has 0 amide bonds. The van der Waals surface area contributed by atoms with Gasteiger partial charge in [0.2, 0.25) is 0 Å². The van der Waals surface area contributed by atoms with E-state index in [1.54, 1.807) is 0 Å². The lowest BCUT2D eigenvalue weighted by atomic mass is 9.30. The second kappa shape index (κ2) is 33.2. The number of para-hydroxylation sites is 10. The molecule has 13 aromatic carbocycles. The van der Waals surface area contributed by atoms with Crippen LogP contribution in [0.4, 0.5) is 102 Å². The van der Waals surface area contributed by atoms with E-state index in [1.165, 1.54) is 0 Å². The molecular formula is C118H78B2N14. The normalized spacial score (nSPS) is 12.4. The van der Waals surface area contributed by atoms with Crippen LogP contribution in [0, 0.1) is 0 Å².